The molecule has 1 heterocycles. The average Bonchev–Trinajstić information content (AvgIpc) is 2.82. The monoisotopic (exact) mass is 291 g/mol. The van der Waals surface area contributed by atoms with Crippen LogP contribution >= 0.6 is 11.5 Å². The van der Waals surface area contributed by atoms with Crippen LogP contribution in [0.3, 0.4) is 0 Å². The molecule has 0 amide bonds. The fraction of sp³-hybridized carbons (Fsp3) is 0.700. The highest BCUT2D eigenvalue weighted by Crippen LogP contribution is 2.34. The summed E-state index contributed by atoms with van der Waals surface area (Å²) in [6.07, 6.45) is 4.58. The van der Waals surface area contributed by atoms with Gasteiger partial charge in [-0.1, -0.05) is 12.8 Å². The molecule has 0 atom stereocenters. The number of hydrogen-bond acceptors (Lipinski definition) is 7. The molecule has 1 aliphatic rings. The standard InChI is InChI=1S/C10H17N3O3S2/c1-18(15,16)7-8(11)13-17-9(7)12-6-10(14)4-2-3-5-10/h12,14H,2-6H2,1H3,(H2,11,13). The SMILES string of the molecule is CS(=O)(=O)c1c(N)nsc1NCC1(O)CCCC1. The van der Waals surface area contributed by atoms with E-state index >= 15 is 0 Å². The first kappa shape index (κ1) is 13.6. The van der Waals surface area contributed by atoms with Gasteiger partial charge in [-0.2, -0.15) is 4.37 Å². The molecule has 1 aromatic rings. The van der Waals surface area contributed by atoms with Gasteiger partial charge in [0.1, 0.15) is 9.90 Å². The largest absolute Gasteiger partial charge is 0.388 e. The zero-order valence-electron chi connectivity index (χ0n) is 10.1. The molecule has 18 heavy (non-hydrogen) atoms. The fourth-order valence-electron chi connectivity index (χ4n) is 2.22. The zero-order chi connectivity index (χ0) is 13.4. The lowest BCUT2D eigenvalue weighted by Crippen LogP contribution is -2.33. The summed E-state index contributed by atoms with van der Waals surface area (Å²) in [6, 6.07) is 0. The molecule has 1 fully saturated rings. The first-order valence-corrected chi connectivity index (χ1v) is 8.40. The van der Waals surface area contributed by atoms with E-state index in [2.05, 4.69) is 9.69 Å². The van der Waals surface area contributed by atoms with Crippen molar-refractivity contribution < 1.29 is 13.5 Å². The Balaban J connectivity index is 2.15. The van der Waals surface area contributed by atoms with E-state index in [0.29, 0.717) is 11.5 Å². The highest BCUT2D eigenvalue weighted by molar-refractivity contribution is 7.91. The van der Waals surface area contributed by atoms with Gasteiger partial charge in [-0.3, -0.25) is 0 Å². The van der Waals surface area contributed by atoms with Crippen LogP contribution in [0, 0.1) is 0 Å². The van der Waals surface area contributed by atoms with Crippen molar-refractivity contribution >= 4 is 32.2 Å². The van der Waals surface area contributed by atoms with Gasteiger partial charge in [-0.05, 0) is 24.4 Å². The summed E-state index contributed by atoms with van der Waals surface area (Å²) in [5.74, 6) is 0.0170. The Hall–Kier alpha value is -0.860. The van der Waals surface area contributed by atoms with Crippen molar-refractivity contribution in [2.75, 3.05) is 23.9 Å². The second-order valence-corrected chi connectivity index (χ2v) is 7.51. The third-order valence-corrected chi connectivity index (χ3v) is 5.26. The fourth-order valence-corrected chi connectivity index (χ4v) is 4.28. The molecule has 0 saturated heterocycles. The summed E-state index contributed by atoms with van der Waals surface area (Å²) < 4.78 is 27.0. The number of nitrogens with two attached hydrogens (primary N) is 1. The maximum atomic E-state index is 11.6. The minimum Gasteiger partial charge on any atom is -0.388 e. The predicted molar refractivity (Wildman–Crippen MR) is 71.5 cm³/mol. The normalized spacial score (nSPS) is 19.0. The van der Waals surface area contributed by atoms with Crippen LogP contribution in [0.1, 0.15) is 25.7 Å². The molecule has 6 nitrogen and oxygen atoms in total. The molecule has 0 aromatic carbocycles. The predicted octanol–water partition coefficient (Wildman–Crippen LogP) is 0.846. The molecule has 0 unspecified atom stereocenters. The molecule has 8 heteroatoms. The third kappa shape index (κ3) is 2.76. The Bertz CT molecular complexity index is 533. The van der Waals surface area contributed by atoms with Crippen molar-refractivity contribution in [1.29, 1.82) is 0 Å². The van der Waals surface area contributed by atoms with E-state index in [1.165, 1.54) is 0 Å². The Kier molecular flexibility index (Phi) is 3.52. The minimum absolute atomic E-state index is 0.0170. The Morgan fingerprint density at radius 2 is 2.11 bits per heavy atom. The molecular formula is C10H17N3O3S2. The smallest absolute Gasteiger partial charge is 0.182 e. The van der Waals surface area contributed by atoms with Crippen molar-refractivity contribution in [3.63, 3.8) is 0 Å². The van der Waals surface area contributed by atoms with E-state index in [0.717, 1.165) is 43.5 Å². The number of sulfone groups is 1. The van der Waals surface area contributed by atoms with Gasteiger partial charge >= 0.3 is 0 Å². The quantitative estimate of drug-likeness (QED) is 0.759. The van der Waals surface area contributed by atoms with Gasteiger partial charge < -0.3 is 16.2 Å². The van der Waals surface area contributed by atoms with E-state index in [1.807, 2.05) is 0 Å². The Morgan fingerprint density at radius 1 is 1.50 bits per heavy atom. The second-order valence-electron chi connectivity index (χ2n) is 4.78. The van der Waals surface area contributed by atoms with Gasteiger partial charge in [0.15, 0.2) is 15.7 Å². The molecule has 2 rings (SSSR count). The van der Waals surface area contributed by atoms with Crippen LogP contribution in [-0.2, 0) is 9.84 Å². The highest BCUT2D eigenvalue weighted by Gasteiger charge is 2.32. The first-order valence-electron chi connectivity index (χ1n) is 5.73. The number of anilines is 2. The highest BCUT2D eigenvalue weighted by atomic mass is 32.2. The summed E-state index contributed by atoms with van der Waals surface area (Å²) in [6.45, 7) is 0.331. The Labute approximate surface area is 110 Å². The lowest BCUT2D eigenvalue weighted by molar-refractivity contribution is 0.0615. The van der Waals surface area contributed by atoms with E-state index < -0.39 is 15.4 Å². The van der Waals surface area contributed by atoms with Gasteiger partial charge in [0.2, 0.25) is 0 Å². The van der Waals surface area contributed by atoms with Gasteiger partial charge in [0.05, 0.1) is 5.60 Å². The second kappa shape index (κ2) is 4.67. The summed E-state index contributed by atoms with van der Waals surface area (Å²) in [5, 5.41) is 13.6. The number of nitrogens with zero attached hydrogens (tertiary/aromatic N) is 1. The number of hydrogen-bond donors (Lipinski definition) is 3. The van der Waals surface area contributed by atoms with Gasteiger partial charge in [-0.15, -0.1) is 0 Å². The summed E-state index contributed by atoms with van der Waals surface area (Å²) in [4.78, 5) is 0.0362. The van der Waals surface area contributed by atoms with Crippen LogP contribution < -0.4 is 11.1 Å². The molecule has 0 aliphatic heterocycles. The number of aliphatic hydroxyl groups is 1. The van der Waals surface area contributed by atoms with Crippen molar-refractivity contribution in [2.45, 2.75) is 36.2 Å². The molecule has 0 radical (unpaired) electrons. The van der Waals surface area contributed by atoms with Crippen LogP contribution in [-0.4, -0.2) is 36.3 Å². The van der Waals surface area contributed by atoms with E-state index in [4.69, 9.17) is 5.73 Å². The molecule has 4 N–H and O–H groups in total. The summed E-state index contributed by atoms with van der Waals surface area (Å²) in [7, 11) is -3.41. The zero-order valence-corrected chi connectivity index (χ0v) is 11.8. The molecule has 102 valence electrons. The Morgan fingerprint density at radius 3 is 2.67 bits per heavy atom. The van der Waals surface area contributed by atoms with E-state index in [9.17, 15) is 13.5 Å². The lowest BCUT2D eigenvalue weighted by Gasteiger charge is -2.22. The van der Waals surface area contributed by atoms with Gasteiger partial charge in [0, 0.05) is 12.8 Å². The van der Waals surface area contributed by atoms with Crippen molar-refractivity contribution in [2.24, 2.45) is 0 Å². The number of nitrogens with one attached hydrogen (secondary N) is 1. The maximum absolute atomic E-state index is 11.6. The van der Waals surface area contributed by atoms with Gasteiger partial charge in [0.25, 0.3) is 0 Å². The lowest BCUT2D eigenvalue weighted by atomic mass is 10.0. The molecule has 1 saturated carbocycles. The van der Waals surface area contributed by atoms with E-state index in [-0.39, 0.29) is 10.7 Å². The van der Waals surface area contributed by atoms with Crippen molar-refractivity contribution in [1.82, 2.24) is 4.37 Å². The van der Waals surface area contributed by atoms with Crippen molar-refractivity contribution in [3.05, 3.63) is 0 Å². The molecule has 0 bridgehead atoms. The van der Waals surface area contributed by atoms with Crippen LogP contribution in [0.2, 0.25) is 0 Å². The first-order chi connectivity index (χ1) is 8.32. The average molecular weight is 291 g/mol. The number of aromatic nitrogens is 1. The van der Waals surface area contributed by atoms with Crippen LogP contribution in [0.15, 0.2) is 4.90 Å². The van der Waals surface area contributed by atoms with Crippen LogP contribution in [0.25, 0.3) is 0 Å². The minimum atomic E-state index is -3.41. The molecule has 1 aromatic heterocycles. The van der Waals surface area contributed by atoms with Crippen LogP contribution in [0.4, 0.5) is 10.8 Å². The van der Waals surface area contributed by atoms with Crippen molar-refractivity contribution in [3.8, 4) is 0 Å². The number of nitrogen functional groups attached to an aromatic ring is 1. The van der Waals surface area contributed by atoms with Gasteiger partial charge in [-0.25, -0.2) is 8.42 Å². The maximum Gasteiger partial charge on any atom is 0.182 e. The number of rotatable bonds is 4. The third-order valence-electron chi connectivity index (χ3n) is 3.16. The molecule has 1 aliphatic carbocycles. The topological polar surface area (TPSA) is 105 Å². The summed E-state index contributed by atoms with van der Waals surface area (Å²) >= 11 is 1.01. The molecular weight excluding hydrogens is 274 g/mol. The van der Waals surface area contributed by atoms with Crippen LogP contribution in [0.5, 0.6) is 0 Å². The molecule has 0 spiro atoms. The summed E-state index contributed by atoms with van der Waals surface area (Å²) in [5.41, 5.74) is 4.82. The van der Waals surface area contributed by atoms with E-state index in [1.54, 1.807) is 0 Å².